The average molecular weight is 440 g/mol. The molecule has 1 atom stereocenters. The van der Waals surface area contributed by atoms with Crippen LogP contribution in [0.1, 0.15) is 18.6 Å². The summed E-state index contributed by atoms with van der Waals surface area (Å²) < 4.78 is 3.52. The number of hydrogen-bond donors (Lipinski definition) is 1. The van der Waals surface area contributed by atoms with Crippen molar-refractivity contribution in [2.75, 3.05) is 36.0 Å². The van der Waals surface area contributed by atoms with E-state index in [4.69, 9.17) is 11.6 Å². The lowest BCUT2D eigenvalue weighted by molar-refractivity contribution is 0.198. The molecule has 10 nitrogen and oxygen atoms in total. The summed E-state index contributed by atoms with van der Waals surface area (Å²) in [6.07, 6.45) is 9.95. The first-order chi connectivity index (χ1) is 15.0. The molecule has 0 spiro atoms. The highest BCUT2D eigenvalue weighted by Gasteiger charge is 2.24. The minimum absolute atomic E-state index is 0.575. The average Bonchev–Trinajstić information content (AvgIpc) is 3.37. The molecule has 1 saturated heterocycles. The first-order valence-electron chi connectivity index (χ1n) is 10.0. The Balaban J connectivity index is 1.39. The number of piperazine rings is 1. The lowest BCUT2D eigenvalue weighted by atomic mass is 10.2. The number of hydrogen-bond acceptors (Lipinski definition) is 8. The van der Waals surface area contributed by atoms with Crippen LogP contribution in [0, 0.1) is 0 Å². The predicted octanol–water partition coefficient (Wildman–Crippen LogP) is 1.95. The molecule has 1 N–H and O–H groups in total. The van der Waals surface area contributed by atoms with Gasteiger partial charge in [0.15, 0.2) is 5.82 Å². The monoisotopic (exact) mass is 439 g/mol. The van der Waals surface area contributed by atoms with Crippen LogP contribution in [0.3, 0.4) is 0 Å². The van der Waals surface area contributed by atoms with E-state index in [-0.39, 0.29) is 0 Å². The predicted molar refractivity (Wildman–Crippen MR) is 117 cm³/mol. The first-order valence-corrected chi connectivity index (χ1v) is 10.4. The lowest BCUT2D eigenvalue weighted by Gasteiger charge is -2.35. The van der Waals surface area contributed by atoms with Crippen molar-refractivity contribution in [3.63, 3.8) is 0 Å². The van der Waals surface area contributed by atoms with Crippen molar-refractivity contribution in [2.24, 2.45) is 7.05 Å². The summed E-state index contributed by atoms with van der Waals surface area (Å²) in [6, 6.07) is 0. The van der Waals surface area contributed by atoms with E-state index in [0.29, 0.717) is 16.5 Å². The van der Waals surface area contributed by atoms with Crippen LogP contribution in [0.25, 0.3) is 16.6 Å². The van der Waals surface area contributed by atoms with Gasteiger partial charge in [-0.3, -0.25) is 4.68 Å². The van der Waals surface area contributed by atoms with E-state index in [1.165, 1.54) is 0 Å². The van der Waals surface area contributed by atoms with E-state index in [1.807, 2.05) is 19.4 Å². The van der Waals surface area contributed by atoms with E-state index in [0.717, 1.165) is 48.6 Å². The fourth-order valence-electron chi connectivity index (χ4n) is 3.78. The Labute approximate surface area is 183 Å². The van der Waals surface area contributed by atoms with Gasteiger partial charge in [-0.15, -0.1) is 0 Å². The number of aliphatic hydroxyl groups is 1. The molecule has 1 aliphatic heterocycles. The molecule has 4 aromatic heterocycles. The van der Waals surface area contributed by atoms with Crippen LogP contribution < -0.4 is 9.80 Å². The fourth-order valence-corrected chi connectivity index (χ4v) is 4.11. The zero-order valence-corrected chi connectivity index (χ0v) is 18.0. The maximum absolute atomic E-state index is 9.64. The van der Waals surface area contributed by atoms with E-state index < -0.39 is 6.10 Å². The second-order valence-electron chi connectivity index (χ2n) is 7.60. The minimum atomic E-state index is -0.575. The quantitative estimate of drug-likeness (QED) is 0.515. The van der Waals surface area contributed by atoms with Gasteiger partial charge in [0.05, 0.1) is 17.3 Å². The minimum Gasteiger partial charge on any atom is -0.389 e. The number of fused-ring (bicyclic) bond motifs is 1. The van der Waals surface area contributed by atoms with E-state index in [9.17, 15) is 5.11 Å². The van der Waals surface area contributed by atoms with Gasteiger partial charge in [0.1, 0.15) is 11.8 Å². The molecule has 0 amide bonds. The number of aliphatic hydroxyl groups excluding tert-OH is 1. The van der Waals surface area contributed by atoms with Crippen molar-refractivity contribution < 1.29 is 5.11 Å². The Hall–Kier alpha value is -3.24. The zero-order chi connectivity index (χ0) is 21.5. The van der Waals surface area contributed by atoms with Gasteiger partial charge in [-0.05, 0) is 6.92 Å². The van der Waals surface area contributed by atoms with Crippen molar-refractivity contribution in [3.8, 4) is 11.1 Å². The molecule has 0 aromatic carbocycles. The fraction of sp³-hybridized carbons (Fsp3) is 0.350. The number of nitrogens with zero attached hydrogens (tertiary/aromatic N) is 9. The molecule has 1 fully saturated rings. The lowest BCUT2D eigenvalue weighted by Crippen LogP contribution is -2.47. The highest BCUT2D eigenvalue weighted by molar-refractivity contribution is 6.37. The molecular weight excluding hydrogens is 418 g/mol. The van der Waals surface area contributed by atoms with Crippen molar-refractivity contribution in [3.05, 3.63) is 47.9 Å². The van der Waals surface area contributed by atoms with Crippen LogP contribution in [0.15, 0.2) is 37.3 Å². The summed E-state index contributed by atoms with van der Waals surface area (Å²) in [7, 11) is 1.87. The summed E-state index contributed by atoms with van der Waals surface area (Å²) in [5, 5.41) is 18.8. The summed E-state index contributed by atoms with van der Waals surface area (Å²) >= 11 is 6.77. The molecule has 0 saturated carbocycles. The highest BCUT2D eigenvalue weighted by Crippen LogP contribution is 2.36. The Morgan fingerprint density at radius 2 is 1.68 bits per heavy atom. The normalized spacial score (nSPS) is 15.6. The molecule has 0 radical (unpaired) electrons. The summed E-state index contributed by atoms with van der Waals surface area (Å²) in [4.78, 5) is 17.7. The third kappa shape index (κ3) is 3.57. The van der Waals surface area contributed by atoms with Gasteiger partial charge >= 0.3 is 0 Å². The third-order valence-electron chi connectivity index (χ3n) is 5.51. The summed E-state index contributed by atoms with van der Waals surface area (Å²) in [6.45, 7) is 4.69. The van der Waals surface area contributed by atoms with Crippen molar-refractivity contribution in [1.29, 1.82) is 0 Å². The largest absolute Gasteiger partial charge is 0.389 e. The molecule has 11 heteroatoms. The number of rotatable bonds is 4. The molecule has 4 aromatic rings. The number of halogens is 1. The number of aromatic nitrogens is 7. The van der Waals surface area contributed by atoms with Gasteiger partial charge in [-0.25, -0.2) is 19.5 Å². The van der Waals surface area contributed by atoms with Gasteiger partial charge in [0.25, 0.3) is 0 Å². The van der Waals surface area contributed by atoms with Crippen molar-refractivity contribution in [1.82, 2.24) is 34.3 Å². The standard InChI is InChI=1S/C20H22ClN9O/c1-13(31)14-7-22-20(23-8-14)29-5-3-28(4-6-29)19-18-17(21)16(11-30(18)26-12-24-19)15-9-25-27(2)10-15/h7-13,31H,3-6H2,1-2H3. The summed E-state index contributed by atoms with van der Waals surface area (Å²) in [5.41, 5.74) is 3.31. The van der Waals surface area contributed by atoms with Crippen LogP contribution in [0.5, 0.6) is 0 Å². The Morgan fingerprint density at radius 3 is 2.32 bits per heavy atom. The molecule has 5 heterocycles. The van der Waals surface area contributed by atoms with E-state index in [1.54, 1.807) is 41.0 Å². The van der Waals surface area contributed by atoms with Gasteiger partial charge in [-0.2, -0.15) is 10.2 Å². The molecule has 0 aliphatic carbocycles. The maximum Gasteiger partial charge on any atom is 0.225 e. The smallest absolute Gasteiger partial charge is 0.225 e. The van der Waals surface area contributed by atoms with E-state index in [2.05, 4.69) is 34.9 Å². The maximum atomic E-state index is 9.64. The molecule has 0 bridgehead atoms. The zero-order valence-electron chi connectivity index (χ0n) is 17.2. The van der Waals surface area contributed by atoms with Crippen LogP contribution >= 0.6 is 11.6 Å². The highest BCUT2D eigenvalue weighted by atomic mass is 35.5. The first kappa shape index (κ1) is 19.7. The van der Waals surface area contributed by atoms with Gasteiger partial charge in [-0.1, -0.05) is 11.6 Å². The van der Waals surface area contributed by atoms with Crippen molar-refractivity contribution >= 4 is 28.9 Å². The topological polar surface area (TPSA) is 101 Å². The van der Waals surface area contributed by atoms with Crippen LogP contribution in [0.2, 0.25) is 5.02 Å². The molecule has 160 valence electrons. The Morgan fingerprint density at radius 1 is 0.968 bits per heavy atom. The Bertz CT molecular complexity index is 1210. The number of aryl methyl sites for hydroxylation is 1. The van der Waals surface area contributed by atoms with Crippen LogP contribution in [0.4, 0.5) is 11.8 Å². The van der Waals surface area contributed by atoms with E-state index >= 15 is 0 Å². The molecule has 1 aliphatic rings. The van der Waals surface area contributed by atoms with Gasteiger partial charge in [0, 0.05) is 74.7 Å². The molecule has 5 rings (SSSR count). The number of anilines is 2. The molecule has 31 heavy (non-hydrogen) atoms. The van der Waals surface area contributed by atoms with Crippen LogP contribution in [-0.4, -0.2) is 65.6 Å². The molecular formula is C20H22ClN9O. The Kier molecular flexibility index (Phi) is 4.95. The molecule has 1 unspecified atom stereocenters. The van der Waals surface area contributed by atoms with Gasteiger partial charge in [0.2, 0.25) is 5.95 Å². The second kappa shape index (κ2) is 7.78. The van der Waals surface area contributed by atoms with Crippen LogP contribution in [-0.2, 0) is 7.05 Å². The third-order valence-corrected chi connectivity index (χ3v) is 5.89. The summed E-state index contributed by atoms with van der Waals surface area (Å²) in [5.74, 6) is 1.47. The van der Waals surface area contributed by atoms with Crippen molar-refractivity contribution in [2.45, 2.75) is 13.0 Å². The second-order valence-corrected chi connectivity index (χ2v) is 7.98. The van der Waals surface area contributed by atoms with Gasteiger partial charge < -0.3 is 14.9 Å². The SMILES string of the molecule is CC(O)c1cnc(N2CCN(c3ncnn4cc(-c5cnn(C)c5)c(Cl)c34)CC2)nc1.